The molecule has 2 heteroatoms. The van der Waals surface area contributed by atoms with Gasteiger partial charge in [-0.1, -0.05) is 13.8 Å². The minimum absolute atomic E-state index is 0.0603. The molecular weight excluding hydrogens is 128 g/mol. The van der Waals surface area contributed by atoms with Gasteiger partial charge in [-0.3, -0.25) is 4.79 Å². The van der Waals surface area contributed by atoms with Crippen LogP contribution >= 0.6 is 0 Å². The van der Waals surface area contributed by atoms with Gasteiger partial charge in [-0.2, -0.15) is 0 Å². The van der Waals surface area contributed by atoms with Gasteiger partial charge in [0, 0.05) is 12.0 Å². The Labute approximate surface area is 61.9 Å². The molecule has 0 spiro atoms. The smallest absolute Gasteiger partial charge is 0.161 e. The zero-order chi connectivity index (χ0) is 8.15. The highest BCUT2D eigenvalue weighted by Crippen LogP contribution is 1.99. The van der Waals surface area contributed by atoms with Crippen molar-refractivity contribution >= 4 is 5.78 Å². The molecule has 0 atom stereocenters. The maximum absolute atomic E-state index is 11.0. The van der Waals surface area contributed by atoms with Crippen molar-refractivity contribution in [3.63, 3.8) is 0 Å². The second-order valence-corrected chi connectivity index (χ2v) is 2.52. The molecule has 0 aliphatic carbocycles. The number of ketones is 1. The van der Waals surface area contributed by atoms with E-state index in [4.69, 9.17) is 4.74 Å². The van der Waals surface area contributed by atoms with Gasteiger partial charge in [0.05, 0.1) is 12.9 Å². The number of ether oxygens (including phenoxy) is 1. The summed E-state index contributed by atoms with van der Waals surface area (Å²) in [6, 6.07) is 0. The normalized spacial score (nSPS) is 11.9. The molecule has 0 amide bonds. The Hall–Kier alpha value is -0.790. The molecule has 0 aromatic rings. The average Bonchev–Trinajstić information content (AvgIpc) is 1.87. The summed E-state index contributed by atoms with van der Waals surface area (Å²) in [7, 11) is 1.56. The molecule has 0 unspecified atom stereocenters. The lowest BCUT2D eigenvalue weighted by Crippen LogP contribution is -2.03. The third-order valence-corrected chi connectivity index (χ3v) is 1.24. The van der Waals surface area contributed by atoms with Crippen molar-refractivity contribution in [1.82, 2.24) is 0 Å². The van der Waals surface area contributed by atoms with E-state index in [9.17, 15) is 4.79 Å². The molecule has 0 aliphatic rings. The summed E-state index contributed by atoms with van der Waals surface area (Å²) in [5, 5.41) is 0. The third-order valence-electron chi connectivity index (χ3n) is 1.24. The van der Waals surface area contributed by atoms with Crippen molar-refractivity contribution in [3.8, 4) is 0 Å². The molecule has 0 rings (SSSR count). The van der Waals surface area contributed by atoms with Gasteiger partial charge in [0.25, 0.3) is 0 Å². The zero-order valence-electron chi connectivity index (χ0n) is 6.97. The van der Waals surface area contributed by atoms with Crippen molar-refractivity contribution in [2.45, 2.75) is 20.8 Å². The van der Waals surface area contributed by atoms with Crippen LogP contribution in [0.15, 0.2) is 11.8 Å². The topological polar surface area (TPSA) is 26.3 Å². The van der Waals surface area contributed by atoms with E-state index in [1.54, 1.807) is 14.0 Å². The van der Waals surface area contributed by atoms with Crippen LogP contribution in [0.1, 0.15) is 20.8 Å². The van der Waals surface area contributed by atoms with E-state index in [0.717, 1.165) is 0 Å². The maximum Gasteiger partial charge on any atom is 0.161 e. The molecule has 0 radical (unpaired) electrons. The Bertz CT molecular complexity index is 145. The summed E-state index contributed by atoms with van der Waals surface area (Å²) in [6.07, 6.45) is 1.52. The van der Waals surface area contributed by atoms with Gasteiger partial charge in [-0.15, -0.1) is 0 Å². The monoisotopic (exact) mass is 142 g/mol. The van der Waals surface area contributed by atoms with E-state index in [1.807, 2.05) is 13.8 Å². The van der Waals surface area contributed by atoms with E-state index in [0.29, 0.717) is 5.76 Å². The summed E-state index contributed by atoms with van der Waals surface area (Å²) in [5.41, 5.74) is 0. The van der Waals surface area contributed by atoms with Crippen LogP contribution in [-0.2, 0) is 9.53 Å². The molecule has 58 valence electrons. The Balaban J connectivity index is 4.00. The van der Waals surface area contributed by atoms with Gasteiger partial charge in [0.1, 0.15) is 0 Å². The standard InChI is InChI=1S/C8H14O2/c1-6(2)8(9)5-7(3)10-4/h5-6H,1-4H3/b7-5+. The first-order chi connectivity index (χ1) is 4.57. The number of hydrogen-bond acceptors (Lipinski definition) is 2. The predicted octanol–water partition coefficient (Wildman–Crippen LogP) is 1.76. The van der Waals surface area contributed by atoms with Gasteiger partial charge < -0.3 is 4.74 Å². The minimum Gasteiger partial charge on any atom is -0.501 e. The molecule has 0 saturated heterocycles. The number of allylic oxidation sites excluding steroid dienone is 2. The van der Waals surface area contributed by atoms with Crippen LogP contribution in [0.3, 0.4) is 0 Å². The van der Waals surface area contributed by atoms with Crippen LogP contribution in [0.5, 0.6) is 0 Å². The Kier molecular flexibility index (Phi) is 3.77. The molecule has 0 aromatic carbocycles. The Morgan fingerprint density at radius 2 is 2.00 bits per heavy atom. The quantitative estimate of drug-likeness (QED) is 0.443. The summed E-state index contributed by atoms with van der Waals surface area (Å²) in [6.45, 7) is 5.49. The van der Waals surface area contributed by atoms with E-state index in [-0.39, 0.29) is 11.7 Å². The average molecular weight is 142 g/mol. The largest absolute Gasteiger partial charge is 0.501 e. The van der Waals surface area contributed by atoms with Crippen LogP contribution < -0.4 is 0 Å². The van der Waals surface area contributed by atoms with Crippen molar-refractivity contribution in [2.24, 2.45) is 5.92 Å². The highest BCUT2D eigenvalue weighted by molar-refractivity contribution is 5.91. The molecule has 0 heterocycles. The molecule has 10 heavy (non-hydrogen) atoms. The second-order valence-electron chi connectivity index (χ2n) is 2.52. The Morgan fingerprint density at radius 3 is 2.30 bits per heavy atom. The lowest BCUT2D eigenvalue weighted by Gasteiger charge is -2.00. The lowest BCUT2D eigenvalue weighted by atomic mass is 10.1. The maximum atomic E-state index is 11.0. The fourth-order valence-electron chi connectivity index (χ4n) is 0.426. The molecule has 0 bridgehead atoms. The van der Waals surface area contributed by atoms with Gasteiger partial charge in [0.2, 0.25) is 0 Å². The van der Waals surface area contributed by atoms with Crippen LogP contribution in [0, 0.1) is 5.92 Å². The summed E-state index contributed by atoms with van der Waals surface area (Å²) in [5.74, 6) is 0.836. The lowest BCUT2D eigenvalue weighted by molar-refractivity contribution is -0.117. The van der Waals surface area contributed by atoms with Gasteiger partial charge in [-0.25, -0.2) is 0 Å². The van der Waals surface area contributed by atoms with Crippen molar-refractivity contribution in [3.05, 3.63) is 11.8 Å². The fraction of sp³-hybridized carbons (Fsp3) is 0.625. The second kappa shape index (κ2) is 4.09. The molecule has 0 fully saturated rings. The minimum atomic E-state index is 0.0603. The summed E-state index contributed by atoms with van der Waals surface area (Å²) >= 11 is 0. The van der Waals surface area contributed by atoms with Gasteiger partial charge >= 0.3 is 0 Å². The van der Waals surface area contributed by atoms with Crippen molar-refractivity contribution in [2.75, 3.05) is 7.11 Å². The van der Waals surface area contributed by atoms with Gasteiger partial charge in [0.15, 0.2) is 5.78 Å². The van der Waals surface area contributed by atoms with E-state index >= 15 is 0 Å². The van der Waals surface area contributed by atoms with Crippen molar-refractivity contribution in [1.29, 1.82) is 0 Å². The van der Waals surface area contributed by atoms with Crippen LogP contribution in [-0.4, -0.2) is 12.9 Å². The number of rotatable bonds is 3. The first-order valence-electron chi connectivity index (χ1n) is 3.34. The molecule has 0 aliphatic heterocycles. The number of hydrogen-bond donors (Lipinski definition) is 0. The first kappa shape index (κ1) is 9.21. The molecule has 0 aromatic heterocycles. The summed E-state index contributed by atoms with van der Waals surface area (Å²) in [4.78, 5) is 11.0. The van der Waals surface area contributed by atoms with Gasteiger partial charge in [-0.05, 0) is 6.92 Å². The molecule has 0 saturated carbocycles. The van der Waals surface area contributed by atoms with Crippen molar-refractivity contribution < 1.29 is 9.53 Å². The molecular formula is C8H14O2. The van der Waals surface area contributed by atoms with Crippen LogP contribution in [0.2, 0.25) is 0 Å². The fourth-order valence-corrected chi connectivity index (χ4v) is 0.426. The van der Waals surface area contributed by atoms with E-state index in [2.05, 4.69) is 0 Å². The SMILES string of the molecule is CO/C(C)=C/C(=O)C(C)C. The number of carbonyl (C=O) groups excluding carboxylic acids is 1. The molecule has 0 N–H and O–H groups in total. The van der Waals surface area contributed by atoms with E-state index < -0.39 is 0 Å². The predicted molar refractivity (Wildman–Crippen MR) is 40.6 cm³/mol. The van der Waals surface area contributed by atoms with Crippen LogP contribution in [0.25, 0.3) is 0 Å². The highest BCUT2D eigenvalue weighted by atomic mass is 16.5. The third kappa shape index (κ3) is 3.28. The summed E-state index contributed by atoms with van der Waals surface area (Å²) < 4.78 is 4.81. The van der Waals surface area contributed by atoms with Crippen LogP contribution in [0.4, 0.5) is 0 Å². The first-order valence-corrected chi connectivity index (χ1v) is 3.34. The van der Waals surface area contributed by atoms with E-state index in [1.165, 1.54) is 6.08 Å². The highest BCUT2D eigenvalue weighted by Gasteiger charge is 2.02. The molecule has 2 nitrogen and oxygen atoms in total. The number of methoxy groups -OCH3 is 1. The number of carbonyl (C=O) groups is 1. The Morgan fingerprint density at radius 1 is 1.50 bits per heavy atom. The zero-order valence-corrected chi connectivity index (χ0v) is 6.97.